The zero-order valence-corrected chi connectivity index (χ0v) is 12.8. The lowest BCUT2D eigenvalue weighted by Crippen LogP contribution is -2.36. The van der Waals surface area contributed by atoms with E-state index in [0.717, 1.165) is 16.9 Å². The molecular weight excluding hydrogens is 256 g/mol. The molecule has 0 aliphatic rings. The maximum Gasteiger partial charge on any atom is 0.407 e. The first-order valence-electron chi connectivity index (χ1n) is 6.60. The second-order valence-corrected chi connectivity index (χ2v) is 5.71. The Kier molecular flexibility index (Phi) is 5.39. The number of rotatable bonds is 4. The highest BCUT2D eigenvalue weighted by Crippen LogP contribution is 2.21. The lowest BCUT2D eigenvalue weighted by Gasteiger charge is -2.21. The van der Waals surface area contributed by atoms with Crippen molar-refractivity contribution in [3.05, 3.63) is 29.3 Å². The van der Waals surface area contributed by atoms with Gasteiger partial charge in [-0.2, -0.15) is 0 Å². The minimum Gasteiger partial charge on any atom is -0.497 e. The molecule has 0 heterocycles. The summed E-state index contributed by atoms with van der Waals surface area (Å²) in [4.78, 5) is 11.6. The van der Waals surface area contributed by atoms with Crippen LogP contribution in [0.2, 0.25) is 0 Å². The Labute approximate surface area is 120 Å². The molecule has 112 valence electrons. The number of carbonyl (C=O) groups excluding carboxylic acids is 1. The van der Waals surface area contributed by atoms with Gasteiger partial charge in [-0.05, 0) is 51.0 Å². The summed E-state index contributed by atoms with van der Waals surface area (Å²) in [5.74, 6) is 0.790. The summed E-state index contributed by atoms with van der Waals surface area (Å²) in [6.07, 6.45) is -0.459. The topological polar surface area (TPSA) is 73.6 Å². The van der Waals surface area contributed by atoms with Crippen LogP contribution < -0.4 is 15.8 Å². The normalized spacial score (nSPS) is 12.7. The van der Waals surface area contributed by atoms with E-state index < -0.39 is 11.7 Å². The van der Waals surface area contributed by atoms with Gasteiger partial charge in [0.05, 0.1) is 7.11 Å². The van der Waals surface area contributed by atoms with Crippen molar-refractivity contribution in [2.24, 2.45) is 5.73 Å². The number of hydrogen-bond donors (Lipinski definition) is 2. The fourth-order valence-electron chi connectivity index (χ4n) is 1.81. The summed E-state index contributed by atoms with van der Waals surface area (Å²) in [5, 5.41) is 2.68. The molecule has 0 unspecified atom stereocenters. The first kappa shape index (κ1) is 16.3. The van der Waals surface area contributed by atoms with E-state index in [1.165, 1.54) is 0 Å². The maximum atomic E-state index is 11.6. The molecule has 0 aliphatic carbocycles. The molecule has 0 saturated heterocycles. The number of nitrogens with two attached hydrogens (primary N) is 1. The highest BCUT2D eigenvalue weighted by atomic mass is 16.6. The third kappa shape index (κ3) is 5.09. The number of ether oxygens (including phenoxy) is 2. The number of nitrogens with one attached hydrogen (secondary N) is 1. The molecule has 5 heteroatoms. The molecular formula is C15H24N2O3. The Morgan fingerprint density at radius 2 is 2.05 bits per heavy atom. The van der Waals surface area contributed by atoms with E-state index in [0.29, 0.717) is 6.54 Å². The van der Waals surface area contributed by atoms with Gasteiger partial charge >= 0.3 is 6.09 Å². The minimum atomic E-state index is -0.510. The summed E-state index contributed by atoms with van der Waals surface area (Å²) >= 11 is 0. The number of amides is 1. The lowest BCUT2D eigenvalue weighted by atomic mass is 10.0. The average Bonchev–Trinajstić information content (AvgIpc) is 2.33. The number of benzene rings is 1. The van der Waals surface area contributed by atoms with Gasteiger partial charge in [-0.25, -0.2) is 4.79 Å². The Morgan fingerprint density at radius 1 is 1.40 bits per heavy atom. The van der Waals surface area contributed by atoms with Crippen LogP contribution in [0.4, 0.5) is 4.79 Å². The molecule has 0 aromatic heterocycles. The fourth-order valence-corrected chi connectivity index (χ4v) is 1.81. The Hall–Kier alpha value is -1.75. The molecule has 1 aromatic carbocycles. The number of methoxy groups -OCH3 is 1. The van der Waals surface area contributed by atoms with Crippen molar-refractivity contribution in [2.75, 3.05) is 13.7 Å². The molecule has 0 spiro atoms. The summed E-state index contributed by atoms with van der Waals surface area (Å²) in [5.41, 5.74) is 7.58. The van der Waals surface area contributed by atoms with Crippen molar-refractivity contribution in [3.63, 3.8) is 0 Å². The van der Waals surface area contributed by atoms with Crippen molar-refractivity contribution in [1.29, 1.82) is 0 Å². The van der Waals surface area contributed by atoms with Gasteiger partial charge in [0.15, 0.2) is 0 Å². The molecule has 0 saturated carbocycles. The van der Waals surface area contributed by atoms with Crippen molar-refractivity contribution in [2.45, 2.75) is 39.3 Å². The Bertz CT molecular complexity index is 467. The van der Waals surface area contributed by atoms with Crippen LogP contribution in [0, 0.1) is 6.92 Å². The number of carbonyl (C=O) groups is 1. The third-order valence-electron chi connectivity index (χ3n) is 2.74. The van der Waals surface area contributed by atoms with Gasteiger partial charge in [0.25, 0.3) is 0 Å². The van der Waals surface area contributed by atoms with Gasteiger partial charge < -0.3 is 20.5 Å². The molecule has 0 radical (unpaired) electrons. The molecule has 1 amide bonds. The van der Waals surface area contributed by atoms with E-state index in [1.54, 1.807) is 7.11 Å². The molecule has 0 bridgehead atoms. The van der Waals surface area contributed by atoms with Gasteiger partial charge in [-0.15, -0.1) is 0 Å². The minimum absolute atomic E-state index is 0.284. The van der Waals surface area contributed by atoms with Gasteiger partial charge in [0.2, 0.25) is 0 Å². The highest BCUT2D eigenvalue weighted by Gasteiger charge is 2.17. The number of hydrogen-bond acceptors (Lipinski definition) is 4. The zero-order valence-electron chi connectivity index (χ0n) is 12.8. The van der Waals surface area contributed by atoms with Crippen LogP contribution in [-0.4, -0.2) is 25.3 Å². The van der Waals surface area contributed by atoms with E-state index >= 15 is 0 Å². The summed E-state index contributed by atoms with van der Waals surface area (Å²) < 4.78 is 10.3. The first-order valence-corrected chi connectivity index (χ1v) is 6.60. The van der Waals surface area contributed by atoms with Crippen LogP contribution in [0.1, 0.15) is 37.9 Å². The van der Waals surface area contributed by atoms with Crippen LogP contribution in [-0.2, 0) is 4.74 Å². The molecule has 1 atom stereocenters. The SMILES string of the molecule is COc1ccc([C@H](N)CNC(=O)OC(C)(C)C)c(C)c1. The van der Waals surface area contributed by atoms with Gasteiger partial charge in [-0.3, -0.25) is 0 Å². The molecule has 0 fully saturated rings. The second-order valence-electron chi connectivity index (χ2n) is 5.71. The van der Waals surface area contributed by atoms with E-state index in [-0.39, 0.29) is 6.04 Å². The predicted molar refractivity (Wildman–Crippen MR) is 78.9 cm³/mol. The van der Waals surface area contributed by atoms with Crippen LogP contribution in [0.5, 0.6) is 5.75 Å². The maximum absolute atomic E-state index is 11.6. The molecule has 20 heavy (non-hydrogen) atoms. The standard InChI is InChI=1S/C15H24N2O3/c1-10-8-11(19-5)6-7-12(10)13(16)9-17-14(18)20-15(2,3)4/h6-8,13H,9,16H2,1-5H3,(H,17,18)/t13-/m1/s1. The zero-order chi connectivity index (χ0) is 15.3. The summed E-state index contributed by atoms with van der Waals surface area (Å²) in [6, 6.07) is 5.40. The largest absolute Gasteiger partial charge is 0.497 e. The molecule has 0 aliphatic heterocycles. The molecule has 1 rings (SSSR count). The summed E-state index contributed by atoms with van der Waals surface area (Å²) in [6.45, 7) is 7.74. The Morgan fingerprint density at radius 3 is 2.55 bits per heavy atom. The van der Waals surface area contributed by atoms with Gasteiger partial charge in [0.1, 0.15) is 11.4 Å². The first-order chi connectivity index (χ1) is 9.23. The summed E-state index contributed by atoms with van der Waals surface area (Å²) in [7, 11) is 1.62. The van der Waals surface area contributed by atoms with Crippen LogP contribution >= 0.6 is 0 Å². The van der Waals surface area contributed by atoms with Crippen LogP contribution in [0.25, 0.3) is 0 Å². The molecule has 5 nitrogen and oxygen atoms in total. The monoisotopic (exact) mass is 280 g/mol. The number of aryl methyl sites for hydroxylation is 1. The third-order valence-corrected chi connectivity index (χ3v) is 2.74. The van der Waals surface area contributed by atoms with Crippen LogP contribution in [0.15, 0.2) is 18.2 Å². The van der Waals surface area contributed by atoms with Crippen molar-refractivity contribution < 1.29 is 14.3 Å². The average molecular weight is 280 g/mol. The molecule has 3 N–H and O–H groups in total. The highest BCUT2D eigenvalue weighted by molar-refractivity contribution is 5.67. The fraction of sp³-hybridized carbons (Fsp3) is 0.533. The lowest BCUT2D eigenvalue weighted by molar-refractivity contribution is 0.0524. The van der Waals surface area contributed by atoms with E-state index in [9.17, 15) is 4.79 Å². The quantitative estimate of drug-likeness (QED) is 0.889. The van der Waals surface area contributed by atoms with Gasteiger partial charge in [-0.1, -0.05) is 6.07 Å². The number of alkyl carbamates (subject to hydrolysis) is 1. The second kappa shape index (κ2) is 6.61. The van der Waals surface area contributed by atoms with E-state index in [1.807, 2.05) is 45.9 Å². The Balaban J connectivity index is 2.59. The molecule has 1 aromatic rings. The predicted octanol–water partition coefficient (Wildman–Crippen LogP) is 2.53. The van der Waals surface area contributed by atoms with E-state index in [4.69, 9.17) is 15.2 Å². The van der Waals surface area contributed by atoms with Gasteiger partial charge in [0, 0.05) is 12.6 Å². The van der Waals surface area contributed by atoms with Crippen molar-refractivity contribution in [1.82, 2.24) is 5.32 Å². The van der Waals surface area contributed by atoms with Crippen molar-refractivity contribution >= 4 is 6.09 Å². The smallest absolute Gasteiger partial charge is 0.407 e. The van der Waals surface area contributed by atoms with Crippen molar-refractivity contribution in [3.8, 4) is 5.75 Å². The van der Waals surface area contributed by atoms with Crippen LogP contribution in [0.3, 0.4) is 0 Å². The van der Waals surface area contributed by atoms with E-state index in [2.05, 4.69) is 5.32 Å².